The van der Waals surface area contributed by atoms with Crippen LogP contribution in [0.4, 0.5) is 0 Å². The quantitative estimate of drug-likeness (QED) is 0.292. The molecule has 0 rings (SSSR count). The maximum Gasteiger partial charge on any atom is 0.103 e. The second kappa shape index (κ2) is 7.19. The Kier molecular flexibility index (Phi) is 6.55. The first-order chi connectivity index (χ1) is 6.68. The highest BCUT2D eigenvalue weighted by molar-refractivity contribution is 5.03. The molecule has 0 amide bonds. The highest BCUT2D eigenvalue weighted by atomic mass is 15.1. The van der Waals surface area contributed by atoms with Crippen molar-refractivity contribution in [1.82, 2.24) is 5.32 Å². The zero-order chi connectivity index (χ0) is 10.9. The molecule has 1 N–H and O–H groups in total. The summed E-state index contributed by atoms with van der Waals surface area (Å²) in [5, 5.41) is 15.5. The van der Waals surface area contributed by atoms with Gasteiger partial charge in [0.1, 0.15) is 5.54 Å². The van der Waals surface area contributed by atoms with Crippen LogP contribution >= 0.6 is 0 Å². The van der Waals surface area contributed by atoms with Gasteiger partial charge in [-0.25, -0.2) is 0 Å². The first kappa shape index (κ1) is 12.8. The van der Waals surface area contributed by atoms with E-state index in [9.17, 15) is 0 Å². The molecule has 1 atom stereocenters. The predicted octanol–water partition coefficient (Wildman–Crippen LogP) is 2.36. The summed E-state index contributed by atoms with van der Waals surface area (Å²) in [6.45, 7) is 5.14. The van der Waals surface area contributed by atoms with Crippen molar-refractivity contribution in [3.63, 3.8) is 0 Å². The van der Waals surface area contributed by atoms with Gasteiger partial charge in [-0.3, -0.25) is 5.32 Å². The maximum atomic E-state index is 8.92. The molecule has 0 saturated heterocycles. The predicted molar refractivity (Wildman–Crippen MR) is 55.6 cm³/mol. The van der Waals surface area contributed by atoms with Crippen LogP contribution in [0, 0.1) is 11.3 Å². The molecule has 0 spiro atoms. The molecular formula is C9H17N5. The van der Waals surface area contributed by atoms with Crippen molar-refractivity contribution in [1.29, 1.82) is 5.26 Å². The molecule has 0 radical (unpaired) electrons. The first-order valence-electron chi connectivity index (χ1n) is 4.85. The lowest BCUT2D eigenvalue weighted by Crippen LogP contribution is -2.41. The molecule has 0 fully saturated rings. The van der Waals surface area contributed by atoms with Gasteiger partial charge in [0.25, 0.3) is 0 Å². The van der Waals surface area contributed by atoms with Gasteiger partial charge in [0.05, 0.1) is 6.07 Å². The molecule has 0 bridgehead atoms. The SMILES string of the molecule is CCCC(C)(C#N)NCCCN=[N+]=[N-]. The fraction of sp³-hybridized carbons (Fsp3) is 0.889. The van der Waals surface area contributed by atoms with Crippen molar-refractivity contribution in [2.75, 3.05) is 13.1 Å². The Morgan fingerprint density at radius 1 is 1.64 bits per heavy atom. The molecule has 0 saturated carbocycles. The lowest BCUT2D eigenvalue weighted by atomic mass is 9.98. The molecule has 14 heavy (non-hydrogen) atoms. The van der Waals surface area contributed by atoms with Crippen LogP contribution in [0.2, 0.25) is 0 Å². The summed E-state index contributed by atoms with van der Waals surface area (Å²) >= 11 is 0. The molecule has 0 aliphatic rings. The van der Waals surface area contributed by atoms with Gasteiger partial charge in [-0.15, -0.1) is 0 Å². The first-order valence-corrected chi connectivity index (χ1v) is 4.85. The lowest BCUT2D eigenvalue weighted by molar-refractivity contribution is 0.412. The Bertz CT molecular complexity index is 238. The van der Waals surface area contributed by atoms with Crippen molar-refractivity contribution in [2.24, 2.45) is 5.11 Å². The van der Waals surface area contributed by atoms with Crippen LogP contribution in [0.3, 0.4) is 0 Å². The summed E-state index contributed by atoms with van der Waals surface area (Å²) in [5.74, 6) is 0. The highest BCUT2D eigenvalue weighted by Crippen LogP contribution is 2.10. The largest absolute Gasteiger partial charge is 0.300 e. The van der Waals surface area contributed by atoms with Crippen molar-refractivity contribution in [3.8, 4) is 6.07 Å². The Hall–Kier alpha value is -1.24. The number of nitriles is 1. The number of azide groups is 1. The number of hydrogen-bond donors (Lipinski definition) is 1. The summed E-state index contributed by atoms with van der Waals surface area (Å²) in [6, 6.07) is 2.26. The summed E-state index contributed by atoms with van der Waals surface area (Å²) in [6.07, 6.45) is 2.59. The van der Waals surface area contributed by atoms with Gasteiger partial charge < -0.3 is 0 Å². The molecule has 0 aromatic rings. The highest BCUT2D eigenvalue weighted by Gasteiger charge is 2.20. The molecule has 5 heteroatoms. The molecule has 5 nitrogen and oxygen atoms in total. The molecule has 0 heterocycles. The van der Waals surface area contributed by atoms with E-state index in [-0.39, 0.29) is 0 Å². The molecule has 0 aromatic carbocycles. The number of nitrogens with zero attached hydrogens (tertiary/aromatic N) is 4. The monoisotopic (exact) mass is 195 g/mol. The Morgan fingerprint density at radius 3 is 2.86 bits per heavy atom. The van der Waals surface area contributed by atoms with E-state index in [2.05, 4.69) is 28.3 Å². The zero-order valence-electron chi connectivity index (χ0n) is 8.82. The van der Waals surface area contributed by atoms with Crippen LogP contribution in [0.1, 0.15) is 33.1 Å². The smallest absolute Gasteiger partial charge is 0.103 e. The minimum Gasteiger partial charge on any atom is -0.300 e. The fourth-order valence-electron chi connectivity index (χ4n) is 1.24. The van der Waals surface area contributed by atoms with Gasteiger partial charge in [0, 0.05) is 11.5 Å². The Labute approximate surface area is 84.7 Å². The Balaban J connectivity index is 3.73. The van der Waals surface area contributed by atoms with Crippen LogP contribution in [0.15, 0.2) is 5.11 Å². The average Bonchev–Trinajstić information content (AvgIpc) is 2.18. The average molecular weight is 195 g/mol. The molecule has 1 unspecified atom stereocenters. The summed E-state index contributed by atoms with van der Waals surface area (Å²) < 4.78 is 0. The summed E-state index contributed by atoms with van der Waals surface area (Å²) in [5.41, 5.74) is 7.60. The van der Waals surface area contributed by atoms with Crippen LogP contribution in [0.25, 0.3) is 10.4 Å². The van der Waals surface area contributed by atoms with Crippen molar-refractivity contribution < 1.29 is 0 Å². The summed E-state index contributed by atoms with van der Waals surface area (Å²) in [4.78, 5) is 2.66. The Morgan fingerprint density at radius 2 is 2.36 bits per heavy atom. The van der Waals surface area contributed by atoms with Gasteiger partial charge >= 0.3 is 0 Å². The lowest BCUT2D eigenvalue weighted by Gasteiger charge is -2.22. The number of rotatable bonds is 7. The summed E-state index contributed by atoms with van der Waals surface area (Å²) in [7, 11) is 0. The standard InChI is InChI=1S/C9H17N5/c1-3-5-9(2,8-10)12-6-4-7-13-14-11/h12H,3-7H2,1-2H3. The van der Waals surface area contributed by atoms with E-state index in [4.69, 9.17) is 10.8 Å². The van der Waals surface area contributed by atoms with E-state index in [0.717, 1.165) is 19.3 Å². The van der Waals surface area contributed by atoms with Crippen molar-refractivity contribution in [2.45, 2.75) is 38.6 Å². The van der Waals surface area contributed by atoms with E-state index in [1.807, 2.05) is 6.92 Å². The molecule has 0 aliphatic carbocycles. The minimum absolute atomic E-state index is 0.439. The minimum atomic E-state index is -0.439. The second-order valence-corrected chi connectivity index (χ2v) is 3.43. The normalized spacial score (nSPS) is 13.8. The van der Waals surface area contributed by atoms with Gasteiger partial charge in [-0.05, 0) is 31.8 Å². The van der Waals surface area contributed by atoms with Gasteiger partial charge in [-0.1, -0.05) is 18.5 Å². The van der Waals surface area contributed by atoms with Crippen LogP contribution in [0.5, 0.6) is 0 Å². The molecule has 78 valence electrons. The maximum absolute atomic E-state index is 8.92. The van der Waals surface area contributed by atoms with Gasteiger partial charge in [-0.2, -0.15) is 5.26 Å². The van der Waals surface area contributed by atoms with Crippen molar-refractivity contribution in [3.05, 3.63) is 10.4 Å². The van der Waals surface area contributed by atoms with Gasteiger partial charge in [0.2, 0.25) is 0 Å². The number of nitrogens with one attached hydrogen (secondary N) is 1. The third-order valence-corrected chi connectivity index (χ3v) is 2.01. The zero-order valence-corrected chi connectivity index (χ0v) is 8.82. The molecule has 0 aliphatic heterocycles. The van der Waals surface area contributed by atoms with Crippen LogP contribution in [-0.2, 0) is 0 Å². The third kappa shape index (κ3) is 5.41. The van der Waals surface area contributed by atoms with Crippen molar-refractivity contribution >= 4 is 0 Å². The van der Waals surface area contributed by atoms with E-state index in [0.29, 0.717) is 13.1 Å². The van der Waals surface area contributed by atoms with E-state index in [1.54, 1.807) is 0 Å². The van der Waals surface area contributed by atoms with E-state index >= 15 is 0 Å². The second-order valence-electron chi connectivity index (χ2n) is 3.43. The molecule has 0 aromatic heterocycles. The number of hydrogen-bond acceptors (Lipinski definition) is 3. The molecular weight excluding hydrogens is 178 g/mol. The van der Waals surface area contributed by atoms with Crippen LogP contribution in [-0.4, -0.2) is 18.6 Å². The third-order valence-electron chi connectivity index (χ3n) is 2.01. The van der Waals surface area contributed by atoms with Crippen LogP contribution < -0.4 is 5.32 Å². The van der Waals surface area contributed by atoms with E-state index in [1.165, 1.54) is 0 Å². The fourth-order valence-corrected chi connectivity index (χ4v) is 1.24. The van der Waals surface area contributed by atoms with E-state index < -0.39 is 5.54 Å². The topological polar surface area (TPSA) is 84.6 Å². The van der Waals surface area contributed by atoms with Gasteiger partial charge in [0.15, 0.2) is 0 Å².